The minimum atomic E-state index is -0.406. The highest BCUT2D eigenvalue weighted by atomic mass is 32.1. The molecule has 1 aromatic rings. The Morgan fingerprint density at radius 3 is 2.33 bits per heavy atom. The van der Waals surface area contributed by atoms with Gasteiger partial charge < -0.3 is 10.6 Å². The number of anilines is 1. The van der Waals surface area contributed by atoms with E-state index in [2.05, 4.69) is 31.4 Å². The lowest BCUT2D eigenvalue weighted by Gasteiger charge is -2.39. The van der Waals surface area contributed by atoms with Crippen LogP contribution in [0.5, 0.6) is 0 Å². The number of nitro groups is 1. The highest BCUT2D eigenvalue weighted by Crippen LogP contribution is 2.40. The Bertz CT molecular complexity index is 578. The van der Waals surface area contributed by atoms with Crippen LogP contribution in [-0.2, 0) is 0 Å². The molecular formula is C18H27N3O2S. The summed E-state index contributed by atoms with van der Waals surface area (Å²) in [5, 5.41) is 17.7. The average molecular weight is 350 g/mol. The van der Waals surface area contributed by atoms with Crippen LogP contribution in [0.1, 0.15) is 52.9 Å². The molecule has 0 unspecified atom stereocenters. The molecule has 1 aliphatic rings. The SMILES string of the molecule is CCC(C)(C)C1CCC(NC(=S)Nc2ccc([N+](=O)[O-])cc2)CC1. The zero-order valence-electron chi connectivity index (χ0n) is 14.7. The van der Waals surface area contributed by atoms with Crippen LogP contribution in [-0.4, -0.2) is 16.1 Å². The molecule has 24 heavy (non-hydrogen) atoms. The van der Waals surface area contributed by atoms with E-state index in [0.717, 1.165) is 24.4 Å². The van der Waals surface area contributed by atoms with Crippen molar-refractivity contribution in [2.24, 2.45) is 11.3 Å². The second kappa shape index (κ2) is 7.92. The quantitative estimate of drug-likeness (QED) is 0.451. The Balaban J connectivity index is 1.80. The van der Waals surface area contributed by atoms with Gasteiger partial charge in [-0.2, -0.15) is 0 Å². The third kappa shape index (κ3) is 4.90. The molecule has 1 aromatic carbocycles. The van der Waals surface area contributed by atoms with E-state index in [-0.39, 0.29) is 5.69 Å². The Kier molecular flexibility index (Phi) is 6.15. The lowest BCUT2D eigenvalue weighted by molar-refractivity contribution is -0.384. The smallest absolute Gasteiger partial charge is 0.269 e. The Morgan fingerprint density at radius 1 is 1.25 bits per heavy atom. The molecule has 0 saturated heterocycles. The van der Waals surface area contributed by atoms with Crippen molar-refractivity contribution in [3.05, 3.63) is 34.4 Å². The van der Waals surface area contributed by atoms with Crippen LogP contribution < -0.4 is 10.6 Å². The van der Waals surface area contributed by atoms with Gasteiger partial charge in [0.05, 0.1) is 4.92 Å². The topological polar surface area (TPSA) is 67.2 Å². The molecule has 0 atom stereocenters. The average Bonchev–Trinajstić information content (AvgIpc) is 2.55. The van der Waals surface area contributed by atoms with Gasteiger partial charge in [-0.25, -0.2) is 0 Å². The van der Waals surface area contributed by atoms with E-state index in [0.29, 0.717) is 16.6 Å². The van der Waals surface area contributed by atoms with Crippen LogP contribution in [0.4, 0.5) is 11.4 Å². The van der Waals surface area contributed by atoms with Gasteiger partial charge in [-0.1, -0.05) is 27.2 Å². The van der Waals surface area contributed by atoms with Crippen molar-refractivity contribution < 1.29 is 4.92 Å². The molecule has 1 saturated carbocycles. The van der Waals surface area contributed by atoms with Gasteiger partial charge in [-0.3, -0.25) is 10.1 Å². The summed E-state index contributed by atoms with van der Waals surface area (Å²) >= 11 is 5.37. The monoisotopic (exact) mass is 349 g/mol. The van der Waals surface area contributed by atoms with Gasteiger partial charge in [0, 0.05) is 23.9 Å². The number of thiocarbonyl (C=S) groups is 1. The van der Waals surface area contributed by atoms with Gasteiger partial charge in [-0.05, 0) is 61.4 Å². The summed E-state index contributed by atoms with van der Waals surface area (Å²) in [6, 6.07) is 6.71. The number of nitrogens with one attached hydrogen (secondary N) is 2. The van der Waals surface area contributed by atoms with Crippen molar-refractivity contribution in [3.63, 3.8) is 0 Å². The summed E-state index contributed by atoms with van der Waals surface area (Å²) in [5.74, 6) is 0.789. The normalized spacial score (nSPS) is 21.1. The van der Waals surface area contributed by atoms with Crippen molar-refractivity contribution in [1.29, 1.82) is 0 Å². The molecule has 2 N–H and O–H groups in total. The predicted molar refractivity (Wildman–Crippen MR) is 102 cm³/mol. The first-order valence-corrected chi connectivity index (χ1v) is 9.04. The van der Waals surface area contributed by atoms with E-state index >= 15 is 0 Å². The number of hydrogen-bond acceptors (Lipinski definition) is 3. The minimum absolute atomic E-state index is 0.0799. The van der Waals surface area contributed by atoms with Gasteiger partial charge >= 0.3 is 0 Å². The molecule has 0 aliphatic heterocycles. The Labute approximate surface area is 149 Å². The summed E-state index contributed by atoms with van der Waals surface area (Å²) in [6.07, 6.45) is 5.96. The van der Waals surface area contributed by atoms with Crippen molar-refractivity contribution >= 4 is 28.7 Å². The van der Waals surface area contributed by atoms with Crippen LogP contribution >= 0.6 is 12.2 Å². The molecule has 2 rings (SSSR count). The number of nitrogens with zero attached hydrogens (tertiary/aromatic N) is 1. The third-order valence-corrected chi connectivity index (χ3v) is 5.63. The van der Waals surface area contributed by atoms with Crippen molar-refractivity contribution in [2.45, 2.75) is 58.9 Å². The minimum Gasteiger partial charge on any atom is -0.360 e. The Morgan fingerprint density at radius 2 is 1.83 bits per heavy atom. The largest absolute Gasteiger partial charge is 0.360 e. The van der Waals surface area contributed by atoms with Crippen molar-refractivity contribution in [3.8, 4) is 0 Å². The Hall–Kier alpha value is -1.69. The molecule has 5 nitrogen and oxygen atoms in total. The second-order valence-corrected chi connectivity index (χ2v) is 7.70. The van der Waals surface area contributed by atoms with Gasteiger partial charge in [0.2, 0.25) is 0 Å². The second-order valence-electron chi connectivity index (χ2n) is 7.29. The van der Waals surface area contributed by atoms with Crippen LogP contribution in [0, 0.1) is 21.4 Å². The number of benzene rings is 1. The van der Waals surface area contributed by atoms with Crippen molar-refractivity contribution in [2.75, 3.05) is 5.32 Å². The van der Waals surface area contributed by atoms with Gasteiger partial charge in [-0.15, -0.1) is 0 Å². The molecule has 0 aromatic heterocycles. The fourth-order valence-corrected chi connectivity index (χ4v) is 3.61. The molecule has 0 bridgehead atoms. The number of non-ortho nitro benzene ring substituents is 1. The maximum Gasteiger partial charge on any atom is 0.269 e. The maximum absolute atomic E-state index is 10.7. The maximum atomic E-state index is 10.7. The van der Waals surface area contributed by atoms with Crippen LogP contribution in [0.2, 0.25) is 0 Å². The summed E-state index contributed by atoms with van der Waals surface area (Å²) in [7, 11) is 0. The van der Waals surface area contributed by atoms with Crippen LogP contribution in [0.15, 0.2) is 24.3 Å². The van der Waals surface area contributed by atoms with E-state index in [1.165, 1.54) is 31.4 Å². The lowest BCUT2D eigenvalue weighted by Crippen LogP contribution is -2.41. The fourth-order valence-electron chi connectivity index (χ4n) is 3.33. The van der Waals surface area contributed by atoms with E-state index in [4.69, 9.17) is 12.2 Å². The van der Waals surface area contributed by atoms with E-state index < -0.39 is 4.92 Å². The first-order chi connectivity index (χ1) is 11.3. The molecular weight excluding hydrogens is 322 g/mol. The van der Waals surface area contributed by atoms with Gasteiger partial charge in [0.25, 0.3) is 5.69 Å². The van der Waals surface area contributed by atoms with Crippen LogP contribution in [0.25, 0.3) is 0 Å². The third-order valence-electron chi connectivity index (χ3n) is 5.41. The zero-order valence-corrected chi connectivity index (χ0v) is 15.5. The summed E-state index contributed by atoms with van der Waals surface area (Å²) in [6.45, 7) is 7.01. The standard InChI is InChI=1S/C18H27N3O2S/c1-4-18(2,3)13-5-7-14(8-6-13)19-17(24)20-15-9-11-16(12-10-15)21(22)23/h9-14H,4-8H2,1-3H3,(H2,19,20,24). The predicted octanol–water partition coefficient (Wildman–Crippen LogP) is 4.88. The summed E-state index contributed by atoms with van der Waals surface area (Å²) in [4.78, 5) is 10.3. The highest BCUT2D eigenvalue weighted by molar-refractivity contribution is 7.80. The molecule has 6 heteroatoms. The summed E-state index contributed by atoms with van der Waals surface area (Å²) in [5.41, 5.74) is 1.26. The fraction of sp³-hybridized carbons (Fsp3) is 0.611. The molecule has 1 aliphatic carbocycles. The number of nitro benzene ring substituents is 1. The molecule has 0 amide bonds. The molecule has 0 heterocycles. The molecule has 0 radical (unpaired) electrons. The molecule has 132 valence electrons. The number of hydrogen-bond donors (Lipinski definition) is 2. The van der Waals surface area contributed by atoms with Gasteiger partial charge in [0.1, 0.15) is 0 Å². The first kappa shape index (κ1) is 18.6. The summed E-state index contributed by atoms with van der Waals surface area (Å²) < 4.78 is 0. The van der Waals surface area contributed by atoms with E-state index in [9.17, 15) is 10.1 Å². The first-order valence-electron chi connectivity index (χ1n) is 8.64. The van der Waals surface area contributed by atoms with E-state index in [1.54, 1.807) is 12.1 Å². The molecule has 0 spiro atoms. The zero-order chi connectivity index (χ0) is 17.7. The number of rotatable bonds is 5. The van der Waals surface area contributed by atoms with E-state index in [1.807, 2.05) is 0 Å². The highest BCUT2D eigenvalue weighted by Gasteiger charge is 2.31. The van der Waals surface area contributed by atoms with Crippen LogP contribution in [0.3, 0.4) is 0 Å². The van der Waals surface area contributed by atoms with Gasteiger partial charge in [0.15, 0.2) is 5.11 Å². The molecule has 1 fully saturated rings. The lowest BCUT2D eigenvalue weighted by atomic mass is 9.69. The van der Waals surface area contributed by atoms with Crippen molar-refractivity contribution in [1.82, 2.24) is 5.32 Å².